The maximum Gasteiger partial charge on any atom is 0.416 e. The first kappa shape index (κ1) is 29.0. The maximum atomic E-state index is 13.0. The number of hydrogen-bond donors (Lipinski definition) is 1. The molecule has 0 radical (unpaired) electrons. The van der Waals surface area contributed by atoms with Crippen LogP contribution in [0.1, 0.15) is 36.8 Å². The number of hydrogen-bond acceptors (Lipinski definition) is 10. The van der Waals surface area contributed by atoms with Gasteiger partial charge in [0.1, 0.15) is 0 Å². The molecule has 216 valence electrons. The summed E-state index contributed by atoms with van der Waals surface area (Å²) < 4.78 is 45.5. The summed E-state index contributed by atoms with van der Waals surface area (Å²) in [7, 11) is 0. The van der Waals surface area contributed by atoms with Gasteiger partial charge in [-0.25, -0.2) is 5.43 Å². The highest BCUT2D eigenvalue weighted by Gasteiger charge is 2.33. The molecule has 5 rings (SSSR count). The number of benzene rings is 2. The number of ether oxygens (including phenoxy) is 1. The number of nitrogens with zero attached hydrogens (tertiary/aromatic N) is 7. The SMILES string of the molecule is O=[N+]([O-])c1cc(C(F)(F)F)ccc1Oc1c(Br)cc(/C=N\Nc2nc(N3CCCC3)nc(N3CCCC3)n2)cc1Br. The Bertz CT molecular complexity index is 1420. The maximum absolute atomic E-state index is 13.0. The summed E-state index contributed by atoms with van der Waals surface area (Å²) in [6.45, 7) is 3.55. The van der Waals surface area contributed by atoms with E-state index in [1.165, 1.54) is 6.21 Å². The number of alkyl halides is 3. The molecule has 0 saturated carbocycles. The molecule has 16 heteroatoms. The number of rotatable bonds is 8. The summed E-state index contributed by atoms with van der Waals surface area (Å²) in [6, 6.07) is 5.36. The van der Waals surface area contributed by atoms with E-state index in [1.54, 1.807) is 12.1 Å². The Hall–Kier alpha value is -3.53. The Balaban J connectivity index is 1.34. The van der Waals surface area contributed by atoms with Gasteiger partial charge in [-0.1, -0.05) is 0 Å². The van der Waals surface area contributed by atoms with Gasteiger partial charge in [0.15, 0.2) is 5.75 Å². The number of halogens is 5. The number of nitrogens with one attached hydrogen (secondary N) is 1. The number of nitro groups is 1. The van der Waals surface area contributed by atoms with E-state index in [-0.39, 0.29) is 11.5 Å². The summed E-state index contributed by atoms with van der Waals surface area (Å²) in [5.41, 5.74) is 1.53. The van der Waals surface area contributed by atoms with Crippen LogP contribution in [-0.4, -0.2) is 52.3 Å². The van der Waals surface area contributed by atoms with Crippen LogP contribution in [0.25, 0.3) is 0 Å². The third-order valence-electron chi connectivity index (χ3n) is 6.48. The van der Waals surface area contributed by atoms with E-state index in [0.29, 0.717) is 38.4 Å². The first-order valence-electron chi connectivity index (χ1n) is 12.7. The average molecular weight is 700 g/mol. The lowest BCUT2D eigenvalue weighted by atomic mass is 10.2. The van der Waals surface area contributed by atoms with Crippen molar-refractivity contribution in [3.8, 4) is 11.5 Å². The van der Waals surface area contributed by atoms with Crippen molar-refractivity contribution in [1.29, 1.82) is 0 Å². The number of hydrazone groups is 1. The van der Waals surface area contributed by atoms with Crippen molar-refractivity contribution >= 4 is 61.6 Å². The Kier molecular flexibility index (Phi) is 8.58. The Morgan fingerprint density at radius 2 is 1.51 bits per heavy atom. The molecular formula is C25H23Br2F3N8O3. The van der Waals surface area contributed by atoms with Gasteiger partial charge < -0.3 is 14.5 Å². The zero-order valence-electron chi connectivity index (χ0n) is 21.4. The van der Waals surface area contributed by atoms with Gasteiger partial charge in [0.2, 0.25) is 23.6 Å². The van der Waals surface area contributed by atoms with Crippen molar-refractivity contribution in [2.75, 3.05) is 41.4 Å². The smallest absolute Gasteiger partial charge is 0.416 e. The van der Waals surface area contributed by atoms with Crippen LogP contribution >= 0.6 is 31.9 Å². The standard InChI is InChI=1S/C25H23Br2F3N8O3/c26-17-11-15(12-18(27)21(17)41-20-6-5-16(25(28,29)30)13-19(20)38(39)40)14-31-35-22-32-23(36-7-1-2-8-36)34-24(33-22)37-9-3-4-10-37/h5-6,11-14H,1-4,7-10H2,(H,32,33,34,35)/b31-14-. The molecule has 2 aromatic carbocycles. The van der Waals surface area contributed by atoms with Gasteiger partial charge in [-0.15, -0.1) is 0 Å². The van der Waals surface area contributed by atoms with Crippen molar-refractivity contribution in [3.63, 3.8) is 0 Å². The Labute approximate surface area is 249 Å². The molecule has 0 amide bonds. The second-order valence-electron chi connectivity index (χ2n) is 9.37. The third kappa shape index (κ3) is 6.86. The monoisotopic (exact) mass is 698 g/mol. The second-order valence-corrected chi connectivity index (χ2v) is 11.1. The molecule has 1 aromatic heterocycles. The lowest BCUT2D eigenvalue weighted by molar-refractivity contribution is -0.385. The molecule has 41 heavy (non-hydrogen) atoms. The highest BCUT2D eigenvalue weighted by molar-refractivity contribution is 9.11. The van der Waals surface area contributed by atoms with Crippen LogP contribution in [0.2, 0.25) is 0 Å². The van der Waals surface area contributed by atoms with Crippen LogP contribution in [0.4, 0.5) is 36.7 Å². The van der Waals surface area contributed by atoms with Crippen molar-refractivity contribution in [2.45, 2.75) is 31.9 Å². The molecule has 2 fully saturated rings. The molecule has 3 aromatic rings. The number of nitro benzene ring substituents is 1. The molecule has 2 aliphatic rings. The summed E-state index contributed by atoms with van der Waals surface area (Å²) in [5, 5.41) is 15.7. The van der Waals surface area contributed by atoms with E-state index in [1.807, 2.05) is 0 Å². The normalized spacial score (nSPS) is 15.6. The van der Waals surface area contributed by atoms with Crippen LogP contribution in [0.3, 0.4) is 0 Å². The lowest BCUT2D eigenvalue weighted by Gasteiger charge is -2.20. The first-order valence-corrected chi connectivity index (χ1v) is 14.2. The molecular weight excluding hydrogens is 677 g/mol. The molecule has 1 N–H and O–H groups in total. The summed E-state index contributed by atoms with van der Waals surface area (Å²) in [6.07, 6.45) is 1.13. The van der Waals surface area contributed by atoms with Crippen LogP contribution < -0.4 is 20.0 Å². The van der Waals surface area contributed by atoms with Crippen molar-refractivity contribution in [3.05, 3.63) is 60.5 Å². The predicted octanol–water partition coefficient (Wildman–Crippen LogP) is 6.76. The van der Waals surface area contributed by atoms with E-state index in [4.69, 9.17) is 4.74 Å². The summed E-state index contributed by atoms with van der Waals surface area (Å²) in [5.74, 6) is 1.33. The molecule has 2 aliphatic heterocycles. The van der Waals surface area contributed by atoms with E-state index >= 15 is 0 Å². The molecule has 0 aliphatic carbocycles. The molecule has 0 unspecified atom stereocenters. The minimum atomic E-state index is -4.73. The number of anilines is 3. The fourth-order valence-corrected chi connectivity index (χ4v) is 5.85. The van der Waals surface area contributed by atoms with Gasteiger partial charge in [0, 0.05) is 32.2 Å². The van der Waals surface area contributed by atoms with Crippen LogP contribution in [0.15, 0.2) is 44.4 Å². The van der Waals surface area contributed by atoms with Crippen molar-refractivity contribution in [2.24, 2.45) is 5.10 Å². The van der Waals surface area contributed by atoms with Crippen LogP contribution in [0, 0.1) is 10.1 Å². The minimum Gasteiger partial charge on any atom is -0.448 e. The lowest BCUT2D eigenvalue weighted by Crippen LogP contribution is -2.25. The first-order chi connectivity index (χ1) is 19.6. The largest absolute Gasteiger partial charge is 0.448 e. The highest BCUT2D eigenvalue weighted by atomic mass is 79.9. The summed E-state index contributed by atoms with van der Waals surface area (Å²) >= 11 is 6.73. The minimum absolute atomic E-state index is 0.140. The molecule has 11 nitrogen and oxygen atoms in total. The fourth-order valence-electron chi connectivity index (χ4n) is 4.47. The van der Waals surface area contributed by atoms with E-state index in [2.05, 4.69) is 67.1 Å². The van der Waals surface area contributed by atoms with Crippen LogP contribution in [-0.2, 0) is 6.18 Å². The molecule has 0 atom stereocenters. The van der Waals surface area contributed by atoms with E-state index < -0.39 is 22.4 Å². The van der Waals surface area contributed by atoms with Crippen molar-refractivity contribution in [1.82, 2.24) is 15.0 Å². The van der Waals surface area contributed by atoms with Gasteiger partial charge in [0.05, 0.1) is 25.6 Å². The van der Waals surface area contributed by atoms with Crippen LogP contribution in [0.5, 0.6) is 11.5 Å². The molecule has 3 heterocycles. The third-order valence-corrected chi connectivity index (χ3v) is 7.66. The molecule has 2 saturated heterocycles. The molecule has 0 spiro atoms. The Morgan fingerprint density at radius 1 is 0.951 bits per heavy atom. The zero-order valence-corrected chi connectivity index (χ0v) is 24.5. The average Bonchev–Trinajstić information content (AvgIpc) is 3.65. The zero-order chi connectivity index (χ0) is 29.1. The van der Waals surface area contributed by atoms with Gasteiger partial charge in [-0.05, 0) is 87.4 Å². The van der Waals surface area contributed by atoms with Crippen molar-refractivity contribution < 1.29 is 22.8 Å². The topological polar surface area (TPSA) is 122 Å². The van der Waals surface area contributed by atoms with Gasteiger partial charge in [-0.2, -0.15) is 33.2 Å². The van der Waals surface area contributed by atoms with Gasteiger partial charge in [-0.3, -0.25) is 10.1 Å². The fraction of sp³-hybridized carbons (Fsp3) is 0.360. The predicted molar refractivity (Wildman–Crippen MR) is 154 cm³/mol. The van der Waals surface area contributed by atoms with Gasteiger partial charge >= 0.3 is 11.9 Å². The molecule has 0 bridgehead atoms. The Morgan fingerprint density at radius 3 is 2.02 bits per heavy atom. The van der Waals surface area contributed by atoms with Gasteiger partial charge in [0.25, 0.3) is 0 Å². The number of aromatic nitrogens is 3. The highest BCUT2D eigenvalue weighted by Crippen LogP contribution is 2.42. The second kappa shape index (κ2) is 12.1. The summed E-state index contributed by atoms with van der Waals surface area (Å²) in [4.78, 5) is 28.5. The van der Waals surface area contributed by atoms with E-state index in [0.717, 1.165) is 64.0 Å². The quantitative estimate of drug-likeness (QED) is 0.154. The van der Waals surface area contributed by atoms with E-state index in [9.17, 15) is 23.3 Å².